The molecule has 0 radical (unpaired) electrons. The molecule has 1 heterocycles. The van der Waals surface area contributed by atoms with Crippen molar-refractivity contribution in [3.05, 3.63) is 30.1 Å². The summed E-state index contributed by atoms with van der Waals surface area (Å²) in [6.45, 7) is 2.09. The molecule has 0 bridgehead atoms. The molecule has 0 spiro atoms. The molecule has 2 rings (SSSR count). The van der Waals surface area contributed by atoms with Crippen molar-refractivity contribution >= 4 is 11.0 Å². The summed E-state index contributed by atoms with van der Waals surface area (Å²) >= 11 is 0. The molecule has 0 aliphatic rings. The zero-order valence-corrected chi connectivity index (χ0v) is 6.46. The third kappa shape index (κ3) is 1.00. The van der Waals surface area contributed by atoms with E-state index in [-0.39, 0.29) is 1.43 Å². The van der Waals surface area contributed by atoms with Crippen LogP contribution in [0.1, 0.15) is 14.2 Å². The number of aromatic amines is 1. The fraction of sp³-hybridized carbons (Fsp3) is 0.222. The summed E-state index contributed by atoms with van der Waals surface area (Å²) < 4.78 is 0. The fourth-order valence-corrected chi connectivity index (χ4v) is 1.17. The fourth-order valence-electron chi connectivity index (χ4n) is 1.17. The number of hydrogen-bond donors (Lipinski definition) is 1. The van der Waals surface area contributed by atoms with Crippen molar-refractivity contribution in [2.75, 3.05) is 0 Å². The van der Waals surface area contributed by atoms with Crippen LogP contribution in [0.25, 0.3) is 11.0 Å². The van der Waals surface area contributed by atoms with Gasteiger partial charge in [-0.1, -0.05) is 19.1 Å². The van der Waals surface area contributed by atoms with Crippen LogP contribution in [0.4, 0.5) is 0 Å². The van der Waals surface area contributed by atoms with Gasteiger partial charge in [-0.2, -0.15) is 0 Å². The number of aryl methyl sites for hydroxylation is 1. The number of nitrogens with zero attached hydrogens (tertiary/aromatic N) is 1. The maximum Gasteiger partial charge on any atom is 0.106 e. The SMILES string of the molecule is CCc1nc2ccccc2[nH]1.[HH]. The standard InChI is InChI=1S/C9H10N2.H2/c1-2-9-10-7-5-3-4-6-8(7)11-9;/h3-6H,2H2,1H3,(H,10,11);1H. The van der Waals surface area contributed by atoms with Gasteiger partial charge in [0, 0.05) is 7.85 Å². The van der Waals surface area contributed by atoms with Gasteiger partial charge in [-0.25, -0.2) is 4.98 Å². The first-order chi connectivity index (χ1) is 5.40. The molecule has 0 saturated carbocycles. The Bertz CT molecular complexity index is 334. The molecule has 0 fully saturated rings. The highest BCUT2D eigenvalue weighted by Gasteiger charge is 1.97. The highest BCUT2D eigenvalue weighted by molar-refractivity contribution is 5.74. The second kappa shape index (κ2) is 2.38. The van der Waals surface area contributed by atoms with E-state index in [1.807, 2.05) is 24.3 Å². The number of hydrogen-bond acceptors (Lipinski definition) is 1. The average Bonchev–Trinajstić information content (AvgIpc) is 2.46. The number of imidazole rings is 1. The van der Waals surface area contributed by atoms with Gasteiger partial charge in [0.15, 0.2) is 0 Å². The van der Waals surface area contributed by atoms with Crippen LogP contribution >= 0.6 is 0 Å². The highest BCUT2D eigenvalue weighted by Crippen LogP contribution is 2.09. The van der Waals surface area contributed by atoms with E-state index in [2.05, 4.69) is 16.9 Å². The second-order valence-corrected chi connectivity index (χ2v) is 2.55. The Balaban J connectivity index is 0.000000720. The number of fused-ring (bicyclic) bond motifs is 1. The van der Waals surface area contributed by atoms with Crippen LogP contribution in [-0.4, -0.2) is 9.97 Å². The first-order valence-electron chi connectivity index (χ1n) is 3.84. The van der Waals surface area contributed by atoms with Crippen molar-refractivity contribution in [3.63, 3.8) is 0 Å². The number of H-pyrrole nitrogens is 1. The Hall–Kier alpha value is -1.31. The molecule has 2 aromatic rings. The molecule has 58 valence electrons. The topological polar surface area (TPSA) is 28.7 Å². The average molecular weight is 148 g/mol. The van der Waals surface area contributed by atoms with Gasteiger partial charge in [-0.15, -0.1) is 0 Å². The van der Waals surface area contributed by atoms with Gasteiger partial charge < -0.3 is 4.98 Å². The Kier molecular flexibility index (Phi) is 1.39. The van der Waals surface area contributed by atoms with Gasteiger partial charge in [0.2, 0.25) is 0 Å². The van der Waals surface area contributed by atoms with E-state index in [1.165, 1.54) is 0 Å². The minimum Gasteiger partial charge on any atom is -0.342 e. The van der Waals surface area contributed by atoms with E-state index in [1.54, 1.807) is 0 Å². The van der Waals surface area contributed by atoms with Crippen molar-refractivity contribution in [2.24, 2.45) is 0 Å². The zero-order valence-electron chi connectivity index (χ0n) is 6.46. The summed E-state index contributed by atoms with van der Waals surface area (Å²) in [5.41, 5.74) is 2.19. The Morgan fingerprint density at radius 1 is 1.45 bits per heavy atom. The monoisotopic (exact) mass is 148 g/mol. The van der Waals surface area contributed by atoms with Gasteiger partial charge in [-0.05, 0) is 12.1 Å². The van der Waals surface area contributed by atoms with Crippen molar-refractivity contribution in [1.82, 2.24) is 9.97 Å². The molecule has 1 N–H and O–H groups in total. The molecule has 0 amide bonds. The van der Waals surface area contributed by atoms with E-state index in [4.69, 9.17) is 0 Å². The maximum absolute atomic E-state index is 4.38. The molecule has 2 heteroatoms. The molecule has 0 aliphatic carbocycles. The molecule has 0 atom stereocenters. The van der Waals surface area contributed by atoms with Crippen LogP contribution in [0.2, 0.25) is 0 Å². The van der Waals surface area contributed by atoms with Crippen LogP contribution in [-0.2, 0) is 6.42 Å². The summed E-state index contributed by atoms with van der Waals surface area (Å²) in [4.78, 5) is 7.61. The van der Waals surface area contributed by atoms with Gasteiger partial charge >= 0.3 is 0 Å². The lowest BCUT2D eigenvalue weighted by molar-refractivity contribution is 1.00. The van der Waals surface area contributed by atoms with Crippen molar-refractivity contribution in [2.45, 2.75) is 13.3 Å². The smallest absolute Gasteiger partial charge is 0.106 e. The van der Waals surface area contributed by atoms with Crippen LogP contribution in [0, 0.1) is 0 Å². The predicted octanol–water partition coefficient (Wildman–Crippen LogP) is 2.37. The maximum atomic E-state index is 4.38. The Labute approximate surface area is 66.8 Å². The van der Waals surface area contributed by atoms with Crippen molar-refractivity contribution < 1.29 is 1.43 Å². The number of para-hydroxylation sites is 2. The number of aromatic nitrogens is 2. The summed E-state index contributed by atoms with van der Waals surface area (Å²) in [6, 6.07) is 8.08. The van der Waals surface area contributed by atoms with Gasteiger partial charge in [0.25, 0.3) is 0 Å². The van der Waals surface area contributed by atoms with Crippen LogP contribution < -0.4 is 0 Å². The third-order valence-electron chi connectivity index (χ3n) is 1.77. The zero-order chi connectivity index (χ0) is 7.68. The largest absolute Gasteiger partial charge is 0.342 e. The summed E-state index contributed by atoms with van der Waals surface area (Å²) in [6.07, 6.45) is 0.967. The Morgan fingerprint density at radius 3 is 3.00 bits per heavy atom. The van der Waals surface area contributed by atoms with Gasteiger partial charge in [0.1, 0.15) is 5.82 Å². The highest BCUT2D eigenvalue weighted by atomic mass is 14.9. The summed E-state index contributed by atoms with van der Waals surface area (Å²) in [5.74, 6) is 1.06. The first kappa shape index (κ1) is 6.40. The third-order valence-corrected chi connectivity index (χ3v) is 1.77. The molecule has 11 heavy (non-hydrogen) atoms. The lowest BCUT2D eigenvalue weighted by atomic mass is 10.3. The molecule has 0 aliphatic heterocycles. The summed E-state index contributed by atoms with van der Waals surface area (Å²) in [7, 11) is 0. The Morgan fingerprint density at radius 2 is 2.27 bits per heavy atom. The van der Waals surface area contributed by atoms with E-state index in [0.29, 0.717) is 0 Å². The van der Waals surface area contributed by atoms with Crippen LogP contribution in [0.5, 0.6) is 0 Å². The predicted molar refractivity (Wildman–Crippen MR) is 47.6 cm³/mol. The molecule has 1 aromatic carbocycles. The quantitative estimate of drug-likeness (QED) is 0.660. The van der Waals surface area contributed by atoms with Gasteiger partial charge in [0.05, 0.1) is 11.0 Å². The number of rotatable bonds is 1. The first-order valence-corrected chi connectivity index (χ1v) is 3.84. The minimum absolute atomic E-state index is 0. The summed E-state index contributed by atoms with van der Waals surface area (Å²) in [5, 5.41) is 0. The van der Waals surface area contributed by atoms with E-state index in [9.17, 15) is 0 Å². The number of benzene rings is 1. The molecule has 2 nitrogen and oxygen atoms in total. The minimum atomic E-state index is 0. The molecule has 0 unspecified atom stereocenters. The van der Waals surface area contributed by atoms with Gasteiger partial charge in [-0.3, -0.25) is 0 Å². The lowest BCUT2D eigenvalue weighted by Gasteiger charge is -1.82. The van der Waals surface area contributed by atoms with E-state index >= 15 is 0 Å². The number of nitrogens with one attached hydrogen (secondary N) is 1. The van der Waals surface area contributed by atoms with Crippen molar-refractivity contribution in [1.29, 1.82) is 0 Å². The molecular formula is C9H12N2. The van der Waals surface area contributed by atoms with Crippen molar-refractivity contribution in [3.8, 4) is 0 Å². The normalized spacial score (nSPS) is 10.6. The second-order valence-electron chi connectivity index (χ2n) is 2.55. The van der Waals surface area contributed by atoms with E-state index in [0.717, 1.165) is 23.3 Å². The molecule has 1 aromatic heterocycles. The molecule has 0 saturated heterocycles. The van der Waals surface area contributed by atoms with Crippen LogP contribution in [0.15, 0.2) is 24.3 Å². The molecular weight excluding hydrogens is 136 g/mol. The van der Waals surface area contributed by atoms with Crippen LogP contribution in [0.3, 0.4) is 0 Å². The lowest BCUT2D eigenvalue weighted by Crippen LogP contribution is -1.79. The van der Waals surface area contributed by atoms with E-state index < -0.39 is 0 Å².